The third kappa shape index (κ3) is 5.31. The number of halogens is 1. The molecule has 146 valence electrons. The molecule has 0 unspecified atom stereocenters. The van der Waals surface area contributed by atoms with E-state index in [1.54, 1.807) is 0 Å². The van der Waals surface area contributed by atoms with Crippen LogP contribution in [0.15, 0.2) is 41.5 Å². The van der Waals surface area contributed by atoms with Gasteiger partial charge < -0.3 is 15.0 Å². The number of aromatic nitrogens is 1. The third-order valence-corrected chi connectivity index (χ3v) is 5.39. The summed E-state index contributed by atoms with van der Waals surface area (Å²) in [6, 6.07) is 10.4. The molecule has 2 fully saturated rings. The molecule has 6 heteroatoms. The van der Waals surface area contributed by atoms with Gasteiger partial charge in [-0.05, 0) is 43.1 Å². The highest BCUT2D eigenvalue weighted by Crippen LogP contribution is 2.30. The van der Waals surface area contributed by atoms with Crippen LogP contribution in [-0.4, -0.2) is 48.7 Å². The second-order valence-corrected chi connectivity index (χ2v) is 7.34. The van der Waals surface area contributed by atoms with Crippen molar-refractivity contribution in [2.75, 3.05) is 26.7 Å². The average molecular weight is 480 g/mol. The van der Waals surface area contributed by atoms with Gasteiger partial charge in [-0.25, -0.2) is 0 Å². The molecule has 5 nitrogen and oxygen atoms in total. The molecule has 2 aliphatic rings. The fraction of sp³-hybridized carbons (Fsp3) is 0.524. The van der Waals surface area contributed by atoms with E-state index in [-0.39, 0.29) is 24.0 Å². The first-order valence-electron chi connectivity index (χ1n) is 9.73. The Balaban J connectivity index is 0.00000210. The van der Waals surface area contributed by atoms with Crippen LogP contribution in [0, 0.1) is 5.92 Å². The number of hydrogen-bond donors (Lipinski definition) is 1. The third-order valence-electron chi connectivity index (χ3n) is 5.39. The van der Waals surface area contributed by atoms with Crippen LogP contribution in [0.2, 0.25) is 0 Å². The van der Waals surface area contributed by atoms with Gasteiger partial charge in [-0.15, -0.1) is 24.0 Å². The fourth-order valence-corrected chi connectivity index (χ4v) is 3.61. The van der Waals surface area contributed by atoms with Crippen molar-refractivity contribution in [3.05, 3.63) is 42.2 Å². The number of ether oxygens (including phenoxy) is 1. The summed E-state index contributed by atoms with van der Waals surface area (Å²) < 4.78 is 6.05. The van der Waals surface area contributed by atoms with Crippen LogP contribution in [0.1, 0.15) is 31.4 Å². The van der Waals surface area contributed by atoms with E-state index in [0.29, 0.717) is 12.6 Å². The van der Waals surface area contributed by atoms with Gasteiger partial charge in [0.25, 0.3) is 0 Å². The van der Waals surface area contributed by atoms with Crippen molar-refractivity contribution in [1.82, 2.24) is 15.2 Å². The predicted molar refractivity (Wildman–Crippen MR) is 121 cm³/mol. The van der Waals surface area contributed by atoms with E-state index >= 15 is 0 Å². The van der Waals surface area contributed by atoms with Crippen molar-refractivity contribution < 1.29 is 4.74 Å². The lowest BCUT2D eigenvalue weighted by Gasteiger charge is -2.34. The lowest BCUT2D eigenvalue weighted by Crippen LogP contribution is -2.46. The maximum atomic E-state index is 6.05. The first-order chi connectivity index (χ1) is 12.8. The minimum absolute atomic E-state index is 0. The Bertz CT molecular complexity index is 764. The Labute approximate surface area is 178 Å². The zero-order valence-corrected chi connectivity index (χ0v) is 18.3. The number of piperidine rings is 1. The van der Waals surface area contributed by atoms with Gasteiger partial charge in [0.1, 0.15) is 0 Å². The summed E-state index contributed by atoms with van der Waals surface area (Å²) in [6.07, 6.45) is 7.18. The molecule has 1 aromatic heterocycles. The van der Waals surface area contributed by atoms with Crippen molar-refractivity contribution in [2.45, 2.75) is 38.3 Å². The van der Waals surface area contributed by atoms with Gasteiger partial charge in [0, 0.05) is 38.3 Å². The first-order valence-corrected chi connectivity index (χ1v) is 9.73. The van der Waals surface area contributed by atoms with E-state index in [1.165, 1.54) is 23.6 Å². The van der Waals surface area contributed by atoms with Gasteiger partial charge in [-0.2, -0.15) is 0 Å². The number of nitrogens with zero attached hydrogens (tertiary/aromatic N) is 3. The summed E-state index contributed by atoms with van der Waals surface area (Å²) in [4.78, 5) is 11.4. The highest BCUT2D eigenvalue weighted by Gasteiger charge is 2.26. The molecule has 2 heterocycles. The minimum Gasteiger partial charge on any atom is -0.378 e. The summed E-state index contributed by atoms with van der Waals surface area (Å²) in [5.41, 5.74) is 1.06. The molecule has 4 rings (SSSR count). The fourth-order valence-electron chi connectivity index (χ4n) is 3.61. The number of likely N-dealkylation sites (tertiary alicyclic amines) is 1. The summed E-state index contributed by atoms with van der Waals surface area (Å²) in [5.74, 6) is 1.80. The summed E-state index contributed by atoms with van der Waals surface area (Å²) >= 11 is 0. The molecule has 27 heavy (non-hydrogen) atoms. The van der Waals surface area contributed by atoms with Gasteiger partial charge in [-0.3, -0.25) is 9.98 Å². The number of hydrogen-bond acceptors (Lipinski definition) is 3. The molecule has 0 spiro atoms. The summed E-state index contributed by atoms with van der Waals surface area (Å²) in [5, 5.41) is 5.92. The monoisotopic (exact) mass is 480 g/mol. The van der Waals surface area contributed by atoms with Crippen molar-refractivity contribution in [3.8, 4) is 0 Å². The minimum atomic E-state index is 0. The molecule has 1 aliphatic heterocycles. The molecule has 0 radical (unpaired) electrons. The predicted octanol–water partition coefficient (Wildman–Crippen LogP) is 3.82. The van der Waals surface area contributed by atoms with E-state index in [0.717, 1.165) is 50.1 Å². The average Bonchev–Trinajstić information content (AvgIpc) is 3.52. The Kier molecular flexibility index (Phi) is 7.29. The molecule has 2 aromatic rings. The molecule has 1 N–H and O–H groups in total. The normalized spacial score (nSPS) is 18.4. The van der Waals surface area contributed by atoms with Crippen molar-refractivity contribution in [2.24, 2.45) is 10.9 Å². The first kappa shape index (κ1) is 20.3. The van der Waals surface area contributed by atoms with Gasteiger partial charge in [0.2, 0.25) is 0 Å². The quantitative estimate of drug-likeness (QED) is 0.402. The van der Waals surface area contributed by atoms with Gasteiger partial charge in [0.05, 0.1) is 18.3 Å². The van der Waals surface area contributed by atoms with Crippen LogP contribution in [-0.2, 0) is 11.3 Å². The van der Waals surface area contributed by atoms with Crippen LogP contribution in [0.3, 0.4) is 0 Å². The Hall–Kier alpha value is -1.41. The van der Waals surface area contributed by atoms with Gasteiger partial charge in [-0.1, -0.05) is 24.3 Å². The molecule has 0 amide bonds. The lowest BCUT2D eigenvalue weighted by molar-refractivity contribution is 0.0131. The summed E-state index contributed by atoms with van der Waals surface area (Å²) in [6.45, 7) is 3.65. The molecule has 1 saturated carbocycles. The van der Waals surface area contributed by atoms with E-state index in [1.807, 2.05) is 13.2 Å². The second kappa shape index (κ2) is 9.68. The van der Waals surface area contributed by atoms with Crippen LogP contribution in [0.4, 0.5) is 0 Å². The van der Waals surface area contributed by atoms with E-state index in [4.69, 9.17) is 4.74 Å². The smallest absolute Gasteiger partial charge is 0.193 e. The van der Waals surface area contributed by atoms with Crippen LogP contribution in [0.5, 0.6) is 0 Å². The summed E-state index contributed by atoms with van der Waals surface area (Å²) in [7, 11) is 1.86. The number of guanidine groups is 1. The largest absolute Gasteiger partial charge is 0.378 e. The number of fused-ring (bicyclic) bond motifs is 1. The van der Waals surface area contributed by atoms with E-state index in [2.05, 4.69) is 50.5 Å². The van der Waals surface area contributed by atoms with Gasteiger partial charge >= 0.3 is 0 Å². The Morgan fingerprint density at radius 3 is 2.70 bits per heavy atom. The maximum absolute atomic E-state index is 6.05. The van der Waals surface area contributed by atoms with Crippen LogP contribution < -0.4 is 5.32 Å². The molecule has 1 aromatic carbocycles. The highest BCUT2D eigenvalue weighted by molar-refractivity contribution is 14.0. The molecular formula is C21H29IN4O. The Morgan fingerprint density at radius 1 is 1.19 bits per heavy atom. The number of aliphatic imine (C=N–C) groups is 1. The number of pyridine rings is 1. The molecular weight excluding hydrogens is 451 g/mol. The van der Waals surface area contributed by atoms with Crippen molar-refractivity contribution >= 4 is 40.7 Å². The second-order valence-electron chi connectivity index (χ2n) is 7.34. The topological polar surface area (TPSA) is 49.8 Å². The highest BCUT2D eigenvalue weighted by atomic mass is 127. The zero-order chi connectivity index (χ0) is 17.8. The van der Waals surface area contributed by atoms with Crippen molar-refractivity contribution in [3.63, 3.8) is 0 Å². The zero-order valence-electron chi connectivity index (χ0n) is 15.9. The van der Waals surface area contributed by atoms with Gasteiger partial charge in [0.15, 0.2) is 5.96 Å². The van der Waals surface area contributed by atoms with Crippen LogP contribution in [0.25, 0.3) is 10.8 Å². The maximum Gasteiger partial charge on any atom is 0.193 e. The van der Waals surface area contributed by atoms with Crippen molar-refractivity contribution in [1.29, 1.82) is 0 Å². The molecule has 0 atom stereocenters. The van der Waals surface area contributed by atoms with Crippen LogP contribution >= 0.6 is 24.0 Å². The van der Waals surface area contributed by atoms with E-state index < -0.39 is 0 Å². The number of rotatable bonds is 5. The SMILES string of the molecule is CN=C(NCc1nccc2ccccc12)N1CCC(OCC2CC2)CC1.I. The standard InChI is InChI=1S/C21H28N4O.HI/c1-22-21(25-12-9-18(10-13-25)26-15-16-6-7-16)24-14-20-19-5-3-2-4-17(19)8-11-23-20;/h2-5,8,11,16,18H,6-7,9-10,12-15H2,1H3,(H,22,24);1H. The Morgan fingerprint density at radius 2 is 1.96 bits per heavy atom. The van der Waals surface area contributed by atoms with E-state index in [9.17, 15) is 0 Å². The molecule has 0 bridgehead atoms. The number of nitrogens with one attached hydrogen (secondary N) is 1. The molecule has 1 aliphatic carbocycles. The molecule has 1 saturated heterocycles. The lowest BCUT2D eigenvalue weighted by atomic mass is 10.1. The number of benzene rings is 1.